The van der Waals surface area contributed by atoms with Crippen LogP contribution in [-0.2, 0) is 6.54 Å². The maximum Gasteiger partial charge on any atom is 0.191 e. The van der Waals surface area contributed by atoms with Crippen LogP contribution in [0.5, 0.6) is 0 Å². The molecule has 0 amide bonds. The summed E-state index contributed by atoms with van der Waals surface area (Å²) in [4.78, 5) is 4.10. The Bertz CT molecular complexity index is 419. The third kappa shape index (κ3) is 4.92. The second kappa shape index (κ2) is 7.21. The number of hydrogen-bond acceptors (Lipinski definition) is 1. The van der Waals surface area contributed by atoms with Crippen LogP contribution in [0.15, 0.2) is 23.2 Å². The number of guanidine groups is 1. The van der Waals surface area contributed by atoms with Gasteiger partial charge < -0.3 is 10.6 Å². The first-order chi connectivity index (χ1) is 8.52. The molecule has 1 aromatic rings. The maximum absolute atomic E-state index is 13.0. The monoisotopic (exact) mass is 271 g/mol. The Kier molecular flexibility index (Phi) is 5.92. The van der Waals surface area contributed by atoms with Gasteiger partial charge in [-0.2, -0.15) is 0 Å². The van der Waals surface area contributed by atoms with E-state index < -0.39 is 5.82 Å². The van der Waals surface area contributed by atoms with Crippen LogP contribution in [0.3, 0.4) is 0 Å². The molecule has 2 N–H and O–H groups in total. The Balaban J connectivity index is 2.50. The van der Waals surface area contributed by atoms with Gasteiger partial charge in [0.15, 0.2) is 5.96 Å². The van der Waals surface area contributed by atoms with Gasteiger partial charge in [-0.25, -0.2) is 4.39 Å². The lowest BCUT2D eigenvalue weighted by molar-refractivity contribution is 0.614. The molecule has 0 spiro atoms. The molecule has 0 fully saturated rings. The van der Waals surface area contributed by atoms with Crippen molar-refractivity contribution in [2.24, 2.45) is 10.9 Å². The van der Waals surface area contributed by atoms with Gasteiger partial charge in [-0.3, -0.25) is 4.99 Å². The van der Waals surface area contributed by atoms with Crippen molar-refractivity contribution in [1.82, 2.24) is 10.6 Å². The molecule has 5 heteroatoms. The summed E-state index contributed by atoms with van der Waals surface area (Å²) in [5.41, 5.74) is 0.911. The molecule has 0 aliphatic heterocycles. The zero-order valence-corrected chi connectivity index (χ0v) is 11.7. The summed E-state index contributed by atoms with van der Waals surface area (Å²) in [5.74, 6) is 0.871. The molecule has 0 aliphatic rings. The molecule has 0 atom stereocenters. The van der Waals surface area contributed by atoms with Crippen molar-refractivity contribution < 1.29 is 4.39 Å². The minimum Gasteiger partial charge on any atom is -0.356 e. The highest BCUT2D eigenvalue weighted by Crippen LogP contribution is 2.15. The average molecular weight is 272 g/mol. The number of aliphatic imine (C=N–C) groups is 1. The Labute approximate surface area is 112 Å². The molecule has 0 saturated heterocycles. The summed E-state index contributed by atoms with van der Waals surface area (Å²) in [6, 6.07) is 4.67. The van der Waals surface area contributed by atoms with Gasteiger partial charge in [0, 0.05) is 20.1 Å². The Morgan fingerprint density at radius 2 is 2.11 bits per heavy atom. The summed E-state index contributed by atoms with van der Waals surface area (Å²) >= 11 is 5.72. The van der Waals surface area contributed by atoms with E-state index in [1.807, 2.05) is 0 Å². The van der Waals surface area contributed by atoms with Crippen molar-refractivity contribution in [3.63, 3.8) is 0 Å². The van der Waals surface area contributed by atoms with E-state index in [-0.39, 0.29) is 5.02 Å². The summed E-state index contributed by atoms with van der Waals surface area (Å²) < 4.78 is 13.0. The number of hydrogen-bond donors (Lipinski definition) is 2. The van der Waals surface area contributed by atoms with Crippen molar-refractivity contribution in [2.45, 2.75) is 20.4 Å². The number of halogens is 2. The quantitative estimate of drug-likeness (QED) is 0.653. The standard InChI is InChI=1S/C13H19ClFN3/c1-9(2)7-17-13(16-3)18-8-10-4-5-12(15)11(14)6-10/h4-6,9H,7-8H2,1-3H3,(H2,16,17,18). The predicted octanol–water partition coefficient (Wildman–Crippen LogP) is 2.80. The number of rotatable bonds is 4. The first-order valence-electron chi connectivity index (χ1n) is 5.91. The second-order valence-corrected chi connectivity index (χ2v) is 4.86. The van der Waals surface area contributed by atoms with Gasteiger partial charge in [-0.05, 0) is 23.6 Å². The Morgan fingerprint density at radius 3 is 2.67 bits per heavy atom. The average Bonchev–Trinajstić information content (AvgIpc) is 2.33. The predicted molar refractivity (Wildman–Crippen MR) is 74.4 cm³/mol. The van der Waals surface area contributed by atoms with Crippen molar-refractivity contribution in [1.29, 1.82) is 0 Å². The smallest absolute Gasteiger partial charge is 0.191 e. The molecule has 0 unspecified atom stereocenters. The Hall–Kier alpha value is -1.29. The molecule has 0 radical (unpaired) electrons. The lowest BCUT2D eigenvalue weighted by Gasteiger charge is -2.13. The largest absolute Gasteiger partial charge is 0.356 e. The SMILES string of the molecule is CN=C(NCc1ccc(F)c(Cl)c1)NCC(C)C. The number of nitrogens with zero attached hydrogens (tertiary/aromatic N) is 1. The minimum absolute atomic E-state index is 0.138. The van der Waals surface area contributed by atoms with E-state index in [0.29, 0.717) is 12.5 Å². The molecular weight excluding hydrogens is 253 g/mol. The normalized spacial score (nSPS) is 11.8. The summed E-state index contributed by atoms with van der Waals surface area (Å²) in [5, 5.41) is 6.48. The molecule has 1 rings (SSSR count). The van der Waals surface area contributed by atoms with Gasteiger partial charge >= 0.3 is 0 Å². The highest BCUT2D eigenvalue weighted by Gasteiger charge is 2.02. The van der Waals surface area contributed by atoms with Gasteiger partial charge in [-0.1, -0.05) is 31.5 Å². The molecule has 3 nitrogen and oxygen atoms in total. The van der Waals surface area contributed by atoms with Crippen LogP contribution in [0, 0.1) is 11.7 Å². The van der Waals surface area contributed by atoms with Crippen LogP contribution < -0.4 is 10.6 Å². The highest BCUT2D eigenvalue weighted by atomic mass is 35.5. The van der Waals surface area contributed by atoms with Crippen LogP contribution in [-0.4, -0.2) is 19.6 Å². The summed E-state index contributed by atoms with van der Waals surface area (Å²) in [6.45, 7) is 5.65. The number of nitrogens with one attached hydrogen (secondary N) is 2. The van der Waals surface area contributed by atoms with E-state index >= 15 is 0 Å². The zero-order chi connectivity index (χ0) is 13.5. The van der Waals surface area contributed by atoms with Crippen molar-refractivity contribution in [3.8, 4) is 0 Å². The van der Waals surface area contributed by atoms with Crippen molar-refractivity contribution in [2.75, 3.05) is 13.6 Å². The van der Waals surface area contributed by atoms with E-state index in [1.165, 1.54) is 6.07 Å². The van der Waals surface area contributed by atoms with Gasteiger partial charge in [0.2, 0.25) is 0 Å². The van der Waals surface area contributed by atoms with Gasteiger partial charge in [0.05, 0.1) is 5.02 Å². The fourth-order valence-corrected chi connectivity index (χ4v) is 1.56. The van der Waals surface area contributed by atoms with E-state index in [1.54, 1.807) is 19.2 Å². The van der Waals surface area contributed by atoms with E-state index in [4.69, 9.17) is 11.6 Å². The molecule has 0 aromatic heterocycles. The van der Waals surface area contributed by atoms with Crippen molar-refractivity contribution in [3.05, 3.63) is 34.6 Å². The second-order valence-electron chi connectivity index (χ2n) is 4.45. The topological polar surface area (TPSA) is 36.4 Å². The molecule has 0 heterocycles. The molecule has 18 heavy (non-hydrogen) atoms. The molecular formula is C13H19ClFN3. The summed E-state index contributed by atoms with van der Waals surface area (Å²) in [6.07, 6.45) is 0. The van der Waals surface area contributed by atoms with E-state index in [0.717, 1.165) is 18.1 Å². The molecule has 100 valence electrons. The highest BCUT2D eigenvalue weighted by molar-refractivity contribution is 6.30. The fraction of sp³-hybridized carbons (Fsp3) is 0.462. The van der Waals surface area contributed by atoms with Gasteiger partial charge in [-0.15, -0.1) is 0 Å². The Morgan fingerprint density at radius 1 is 1.39 bits per heavy atom. The molecule has 0 bridgehead atoms. The van der Waals surface area contributed by atoms with Crippen LogP contribution in [0.1, 0.15) is 19.4 Å². The van der Waals surface area contributed by atoms with E-state index in [2.05, 4.69) is 29.5 Å². The third-order valence-corrected chi connectivity index (χ3v) is 2.63. The third-order valence-electron chi connectivity index (χ3n) is 2.35. The van der Waals surface area contributed by atoms with Crippen molar-refractivity contribution >= 4 is 17.6 Å². The van der Waals surface area contributed by atoms with Gasteiger partial charge in [0.25, 0.3) is 0 Å². The lowest BCUT2D eigenvalue weighted by Crippen LogP contribution is -2.38. The molecule has 0 aliphatic carbocycles. The molecule has 1 aromatic carbocycles. The fourth-order valence-electron chi connectivity index (χ4n) is 1.36. The summed E-state index contributed by atoms with van der Waals surface area (Å²) in [7, 11) is 1.72. The first kappa shape index (κ1) is 14.8. The number of benzene rings is 1. The van der Waals surface area contributed by atoms with Crippen LogP contribution in [0.4, 0.5) is 4.39 Å². The van der Waals surface area contributed by atoms with Crippen LogP contribution >= 0.6 is 11.6 Å². The zero-order valence-electron chi connectivity index (χ0n) is 10.9. The minimum atomic E-state index is -0.400. The molecule has 0 saturated carbocycles. The first-order valence-corrected chi connectivity index (χ1v) is 6.29. The van der Waals surface area contributed by atoms with Gasteiger partial charge in [0.1, 0.15) is 5.82 Å². The van der Waals surface area contributed by atoms with Crippen LogP contribution in [0.2, 0.25) is 5.02 Å². The van der Waals surface area contributed by atoms with Crippen LogP contribution in [0.25, 0.3) is 0 Å². The lowest BCUT2D eigenvalue weighted by atomic mass is 10.2. The maximum atomic E-state index is 13.0. The van der Waals surface area contributed by atoms with E-state index in [9.17, 15) is 4.39 Å².